The number of nitrogens with one attached hydrogen (secondary N) is 1. The lowest BCUT2D eigenvalue weighted by atomic mass is 10.2. The largest absolute Gasteiger partial charge is 0.382 e. The van der Waals surface area contributed by atoms with E-state index in [-0.39, 0.29) is 18.4 Å². The van der Waals surface area contributed by atoms with Crippen molar-refractivity contribution in [3.63, 3.8) is 0 Å². The summed E-state index contributed by atoms with van der Waals surface area (Å²) in [6.45, 7) is 3.93. The minimum atomic E-state index is -0.272. The molecule has 3 aromatic rings. The van der Waals surface area contributed by atoms with Gasteiger partial charge in [0.05, 0.1) is 22.5 Å². The number of carbonyl (C=O) groups is 2. The Morgan fingerprint density at radius 2 is 2.00 bits per heavy atom. The van der Waals surface area contributed by atoms with Crippen LogP contribution in [0.2, 0.25) is 0 Å². The second-order valence-corrected chi connectivity index (χ2v) is 7.93. The molecule has 1 N–H and O–H groups in total. The average molecular weight is 425 g/mol. The average Bonchev–Trinajstić information content (AvgIpc) is 3.10. The van der Waals surface area contributed by atoms with Crippen LogP contribution in [0.4, 0.5) is 11.6 Å². The number of para-hydroxylation sites is 3. The highest BCUT2D eigenvalue weighted by molar-refractivity contribution is 8.00. The number of benzene rings is 2. The Balaban J connectivity index is 1.52. The number of imidazole rings is 1. The van der Waals surface area contributed by atoms with Crippen LogP contribution >= 0.6 is 11.8 Å². The molecular weight excluding hydrogens is 400 g/mol. The van der Waals surface area contributed by atoms with Gasteiger partial charge in [-0.1, -0.05) is 24.3 Å². The normalized spacial score (nSPS) is 13.5. The molecule has 1 aliphatic heterocycles. The number of hydrogen-bond acceptors (Lipinski definition) is 5. The molecule has 1 aromatic heterocycles. The molecule has 0 fully saturated rings. The first-order valence-electron chi connectivity index (χ1n) is 10.0. The fourth-order valence-corrected chi connectivity index (χ4v) is 4.44. The Hall–Kier alpha value is -2.84. The summed E-state index contributed by atoms with van der Waals surface area (Å²) in [7, 11) is 0. The summed E-state index contributed by atoms with van der Waals surface area (Å²) in [5, 5.41) is 2.91. The van der Waals surface area contributed by atoms with Crippen molar-refractivity contribution in [1.29, 1.82) is 0 Å². The summed E-state index contributed by atoms with van der Waals surface area (Å²) in [5.41, 5.74) is 2.55. The van der Waals surface area contributed by atoms with Gasteiger partial charge in [0.2, 0.25) is 17.8 Å². The molecular formula is C22H24N4O3S. The minimum absolute atomic E-state index is 0.0431. The summed E-state index contributed by atoms with van der Waals surface area (Å²) in [6.07, 6.45) is 0.812. The van der Waals surface area contributed by atoms with E-state index in [1.54, 1.807) is 4.90 Å². The van der Waals surface area contributed by atoms with Crippen LogP contribution < -0.4 is 10.2 Å². The van der Waals surface area contributed by atoms with Crippen LogP contribution in [0.15, 0.2) is 53.4 Å². The zero-order valence-electron chi connectivity index (χ0n) is 16.8. The Morgan fingerprint density at radius 3 is 2.87 bits per heavy atom. The molecule has 2 heterocycles. The van der Waals surface area contributed by atoms with Crippen molar-refractivity contribution in [3.8, 4) is 0 Å². The van der Waals surface area contributed by atoms with Crippen molar-refractivity contribution in [1.82, 2.24) is 9.55 Å². The van der Waals surface area contributed by atoms with Gasteiger partial charge in [0.15, 0.2) is 0 Å². The summed E-state index contributed by atoms with van der Waals surface area (Å²) in [5.74, 6) is 0.482. The Morgan fingerprint density at radius 1 is 1.20 bits per heavy atom. The monoisotopic (exact) mass is 424 g/mol. The first-order valence-corrected chi connectivity index (χ1v) is 11.0. The van der Waals surface area contributed by atoms with E-state index in [2.05, 4.69) is 10.3 Å². The second kappa shape index (κ2) is 9.32. The van der Waals surface area contributed by atoms with Gasteiger partial charge in [-0.05, 0) is 37.6 Å². The van der Waals surface area contributed by atoms with E-state index in [0.717, 1.165) is 28.0 Å². The van der Waals surface area contributed by atoms with Crippen LogP contribution in [0.3, 0.4) is 0 Å². The third kappa shape index (κ3) is 4.34. The first kappa shape index (κ1) is 20.4. The zero-order chi connectivity index (χ0) is 20.9. The minimum Gasteiger partial charge on any atom is -0.382 e. The third-order valence-corrected chi connectivity index (χ3v) is 5.94. The van der Waals surface area contributed by atoms with Crippen LogP contribution in [0.25, 0.3) is 11.0 Å². The molecule has 0 spiro atoms. The van der Waals surface area contributed by atoms with E-state index in [4.69, 9.17) is 4.74 Å². The smallest absolute Gasteiger partial charge is 0.246 e. The SMILES string of the molecule is CCOCCCn1c(NC(=O)CN2C(=O)CSc3ccccc32)nc2ccccc21. The molecule has 7 nitrogen and oxygen atoms in total. The van der Waals surface area contributed by atoms with E-state index in [0.29, 0.717) is 31.5 Å². The third-order valence-electron chi connectivity index (χ3n) is 4.89. The lowest BCUT2D eigenvalue weighted by Crippen LogP contribution is -2.41. The van der Waals surface area contributed by atoms with Gasteiger partial charge in [0.25, 0.3) is 0 Å². The number of ether oxygens (including phenoxy) is 1. The van der Waals surface area contributed by atoms with E-state index >= 15 is 0 Å². The maximum atomic E-state index is 12.9. The Kier molecular flexibility index (Phi) is 6.35. The van der Waals surface area contributed by atoms with Gasteiger partial charge >= 0.3 is 0 Å². The Labute approximate surface area is 179 Å². The van der Waals surface area contributed by atoms with E-state index < -0.39 is 0 Å². The van der Waals surface area contributed by atoms with Crippen molar-refractivity contribution in [2.45, 2.75) is 24.8 Å². The Bertz CT molecular complexity index is 1070. The summed E-state index contributed by atoms with van der Waals surface area (Å²) < 4.78 is 7.44. The van der Waals surface area contributed by atoms with Crippen molar-refractivity contribution >= 4 is 46.2 Å². The van der Waals surface area contributed by atoms with Gasteiger partial charge in [-0.15, -0.1) is 11.8 Å². The molecule has 2 amide bonds. The maximum absolute atomic E-state index is 12.9. The summed E-state index contributed by atoms with van der Waals surface area (Å²) in [4.78, 5) is 32.4. The van der Waals surface area contributed by atoms with Crippen LogP contribution in [-0.2, 0) is 20.9 Å². The van der Waals surface area contributed by atoms with E-state index in [1.807, 2.05) is 60.0 Å². The van der Waals surface area contributed by atoms with Gasteiger partial charge < -0.3 is 14.2 Å². The van der Waals surface area contributed by atoms with Gasteiger partial charge in [-0.25, -0.2) is 4.98 Å². The number of rotatable bonds is 8. The number of nitrogens with zero attached hydrogens (tertiary/aromatic N) is 3. The first-order chi connectivity index (χ1) is 14.7. The van der Waals surface area contributed by atoms with E-state index in [1.165, 1.54) is 11.8 Å². The molecule has 4 rings (SSSR count). The molecule has 0 aliphatic carbocycles. The molecule has 0 saturated carbocycles. The number of anilines is 2. The van der Waals surface area contributed by atoms with Gasteiger partial charge in [-0.3, -0.25) is 14.9 Å². The van der Waals surface area contributed by atoms with Gasteiger partial charge in [-0.2, -0.15) is 0 Å². The van der Waals surface area contributed by atoms with Crippen molar-refractivity contribution in [2.24, 2.45) is 0 Å². The lowest BCUT2D eigenvalue weighted by molar-refractivity contribution is -0.120. The summed E-state index contributed by atoms with van der Waals surface area (Å²) in [6, 6.07) is 15.4. The highest BCUT2D eigenvalue weighted by atomic mass is 32.2. The van der Waals surface area contributed by atoms with Crippen LogP contribution in [0.5, 0.6) is 0 Å². The van der Waals surface area contributed by atoms with Crippen molar-refractivity contribution < 1.29 is 14.3 Å². The van der Waals surface area contributed by atoms with Gasteiger partial charge in [0.1, 0.15) is 6.54 Å². The standard InChI is InChI=1S/C22H24N4O3S/c1-2-29-13-7-12-25-17-9-4-3-8-16(17)23-22(25)24-20(27)14-26-18-10-5-6-11-19(18)30-15-21(26)28/h3-6,8-11H,2,7,12-15H2,1H3,(H,23,24,27). The van der Waals surface area contributed by atoms with Gasteiger partial charge in [0, 0.05) is 24.7 Å². The molecule has 0 bridgehead atoms. The molecule has 2 aromatic carbocycles. The quantitative estimate of drug-likeness (QED) is 0.560. The van der Waals surface area contributed by atoms with Crippen LogP contribution in [-0.4, -0.2) is 46.9 Å². The van der Waals surface area contributed by atoms with Crippen LogP contribution in [0, 0.1) is 0 Å². The van der Waals surface area contributed by atoms with Crippen molar-refractivity contribution in [2.75, 3.05) is 35.7 Å². The topological polar surface area (TPSA) is 76.5 Å². The number of aromatic nitrogens is 2. The fourth-order valence-electron chi connectivity index (χ4n) is 3.50. The zero-order valence-corrected chi connectivity index (χ0v) is 17.7. The molecule has 0 radical (unpaired) electrons. The predicted octanol–water partition coefficient (Wildman–Crippen LogP) is 3.54. The molecule has 0 saturated heterocycles. The highest BCUT2D eigenvalue weighted by Gasteiger charge is 2.26. The molecule has 0 atom stereocenters. The number of amides is 2. The second-order valence-electron chi connectivity index (χ2n) is 6.91. The fraction of sp³-hybridized carbons (Fsp3) is 0.318. The molecule has 8 heteroatoms. The highest BCUT2D eigenvalue weighted by Crippen LogP contribution is 2.34. The molecule has 156 valence electrons. The number of aryl methyl sites for hydroxylation is 1. The number of fused-ring (bicyclic) bond motifs is 2. The number of carbonyl (C=O) groups excluding carboxylic acids is 2. The molecule has 30 heavy (non-hydrogen) atoms. The van der Waals surface area contributed by atoms with Crippen LogP contribution in [0.1, 0.15) is 13.3 Å². The van der Waals surface area contributed by atoms with Crippen molar-refractivity contribution in [3.05, 3.63) is 48.5 Å². The maximum Gasteiger partial charge on any atom is 0.246 e. The lowest BCUT2D eigenvalue weighted by Gasteiger charge is -2.28. The summed E-state index contributed by atoms with van der Waals surface area (Å²) >= 11 is 1.50. The number of hydrogen-bond donors (Lipinski definition) is 1. The molecule has 1 aliphatic rings. The predicted molar refractivity (Wildman–Crippen MR) is 119 cm³/mol. The molecule has 0 unspecified atom stereocenters. The van der Waals surface area contributed by atoms with E-state index in [9.17, 15) is 9.59 Å². The number of thioether (sulfide) groups is 1.